The number of aromatic nitrogens is 1. The van der Waals surface area contributed by atoms with Gasteiger partial charge in [-0.3, -0.25) is 4.79 Å². The monoisotopic (exact) mass is 393 g/mol. The number of aromatic amines is 1. The Labute approximate surface area is 148 Å². The lowest BCUT2D eigenvalue weighted by Crippen LogP contribution is -2.41. The number of rotatable bonds is 4. The highest BCUT2D eigenvalue weighted by atomic mass is 79.9. The van der Waals surface area contributed by atoms with E-state index < -0.39 is 11.4 Å². The van der Waals surface area contributed by atoms with Crippen molar-refractivity contribution >= 4 is 38.8 Å². The average Bonchev–Trinajstić information content (AvgIpc) is 3.13. The Morgan fingerprint density at radius 2 is 2.25 bits per heavy atom. The van der Waals surface area contributed by atoms with E-state index in [0.717, 1.165) is 20.9 Å². The number of H-pyrrole nitrogens is 1. The summed E-state index contributed by atoms with van der Waals surface area (Å²) in [4.78, 5) is 28.3. The summed E-state index contributed by atoms with van der Waals surface area (Å²) in [6.45, 7) is 2.93. The molecule has 1 unspecified atom stereocenters. The van der Waals surface area contributed by atoms with E-state index >= 15 is 0 Å². The summed E-state index contributed by atoms with van der Waals surface area (Å²) in [5, 5.41) is 13.3. The van der Waals surface area contributed by atoms with Gasteiger partial charge in [-0.25, -0.2) is 4.79 Å². The molecule has 0 saturated carbocycles. The Hall–Kier alpha value is -2.02. The van der Waals surface area contributed by atoms with Crippen molar-refractivity contribution in [2.45, 2.75) is 19.8 Å². The molecule has 128 valence electrons. The van der Waals surface area contributed by atoms with E-state index in [2.05, 4.69) is 26.2 Å². The van der Waals surface area contributed by atoms with E-state index in [1.54, 1.807) is 11.8 Å². The van der Waals surface area contributed by atoms with Gasteiger partial charge >= 0.3 is 12.0 Å². The SMILES string of the molecule is CC1(C(=O)O)CCN(C(=O)NCCc2c[nH]c3cccc(Br)c23)C1. The number of halogens is 1. The van der Waals surface area contributed by atoms with Crippen LogP contribution >= 0.6 is 15.9 Å². The third-order valence-electron chi connectivity index (χ3n) is 4.68. The molecule has 1 saturated heterocycles. The number of urea groups is 1. The molecule has 1 aromatic heterocycles. The molecular formula is C17H20BrN3O3. The van der Waals surface area contributed by atoms with Crippen LogP contribution in [0.5, 0.6) is 0 Å². The first-order valence-electron chi connectivity index (χ1n) is 7.91. The van der Waals surface area contributed by atoms with Crippen LogP contribution < -0.4 is 5.32 Å². The van der Waals surface area contributed by atoms with Gasteiger partial charge in [-0.05, 0) is 37.5 Å². The Morgan fingerprint density at radius 3 is 2.96 bits per heavy atom. The summed E-state index contributed by atoms with van der Waals surface area (Å²) < 4.78 is 1.03. The Balaban J connectivity index is 1.57. The smallest absolute Gasteiger partial charge is 0.317 e. The largest absolute Gasteiger partial charge is 0.481 e. The van der Waals surface area contributed by atoms with Crippen LogP contribution in [0.3, 0.4) is 0 Å². The van der Waals surface area contributed by atoms with Crippen molar-refractivity contribution in [1.82, 2.24) is 15.2 Å². The van der Waals surface area contributed by atoms with E-state index in [-0.39, 0.29) is 12.6 Å². The van der Waals surface area contributed by atoms with Gasteiger partial charge in [-0.2, -0.15) is 0 Å². The zero-order chi connectivity index (χ0) is 17.3. The number of carbonyl (C=O) groups excluding carboxylic acids is 1. The average molecular weight is 394 g/mol. The molecule has 1 fully saturated rings. The lowest BCUT2D eigenvalue weighted by molar-refractivity contribution is -0.146. The number of hydrogen-bond acceptors (Lipinski definition) is 2. The lowest BCUT2D eigenvalue weighted by atomic mass is 9.90. The van der Waals surface area contributed by atoms with Gasteiger partial charge in [0.2, 0.25) is 0 Å². The first-order valence-corrected chi connectivity index (χ1v) is 8.71. The molecule has 3 N–H and O–H groups in total. The van der Waals surface area contributed by atoms with Crippen molar-refractivity contribution in [3.05, 3.63) is 34.4 Å². The summed E-state index contributed by atoms with van der Waals surface area (Å²) in [7, 11) is 0. The number of carboxylic acids is 1. The molecule has 24 heavy (non-hydrogen) atoms. The fourth-order valence-corrected chi connectivity index (χ4v) is 3.75. The van der Waals surface area contributed by atoms with Crippen molar-refractivity contribution in [3.63, 3.8) is 0 Å². The topological polar surface area (TPSA) is 85.4 Å². The quantitative estimate of drug-likeness (QED) is 0.746. The minimum absolute atomic E-state index is 0.195. The third kappa shape index (κ3) is 3.13. The van der Waals surface area contributed by atoms with Crippen molar-refractivity contribution < 1.29 is 14.7 Å². The summed E-state index contributed by atoms with van der Waals surface area (Å²) in [5.74, 6) is -0.846. The maximum atomic E-state index is 12.2. The van der Waals surface area contributed by atoms with Crippen LogP contribution in [-0.2, 0) is 11.2 Å². The number of carbonyl (C=O) groups is 2. The molecule has 1 aliphatic heterocycles. The number of amides is 2. The van der Waals surface area contributed by atoms with Crippen molar-refractivity contribution in [3.8, 4) is 0 Å². The van der Waals surface area contributed by atoms with Crippen LogP contribution in [0, 0.1) is 5.41 Å². The Kier molecular flexibility index (Phi) is 4.54. The van der Waals surface area contributed by atoms with Gasteiger partial charge in [0.1, 0.15) is 0 Å². The second-order valence-corrected chi connectivity index (χ2v) is 7.35. The van der Waals surface area contributed by atoms with Crippen LogP contribution in [0.1, 0.15) is 18.9 Å². The van der Waals surface area contributed by atoms with Gasteiger partial charge in [0.05, 0.1) is 5.41 Å². The highest BCUT2D eigenvalue weighted by Crippen LogP contribution is 2.30. The molecule has 3 rings (SSSR count). The standard InChI is InChI=1S/C17H20BrN3O3/c1-17(15(22)23)6-8-21(10-17)16(24)19-7-5-11-9-20-13-4-2-3-12(18)14(11)13/h2-4,9,20H,5-8,10H2,1H3,(H,19,24)(H,22,23). The number of benzene rings is 1. The first kappa shape index (κ1) is 16.8. The van der Waals surface area contributed by atoms with Gasteiger partial charge in [-0.1, -0.05) is 22.0 Å². The van der Waals surface area contributed by atoms with E-state index in [0.29, 0.717) is 25.9 Å². The molecule has 2 heterocycles. The Morgan fingerprint density at radius 1 is 1.46 bits per heavy atom. The molecule has 1 atom stereocenters. The van der Waals surface area contributed by atoms with Gasteiger partial charge < -0.3 is 20.3 Å². The van der Waals surface area contributed by atoms with Gasteiger partial charge in [-0.15, -0.1) is 0 Å². The fourth-order valence-electron chi connectivity index (χ4n) is 3.13. The van der Waals surface area contributed by atoms with Crippen LogP contribution in [0.4, 0.5) is 4.79 Å². The molecule has 0 aliphatic carbocycles. The number of likely N-dealkylation sites (tertiary alicyclic amines) is 1. The minimum atomic E-state index is -0.846. The second-order valence-electron chi connectivity index (χ2n) is 6.50. The lowest BCUT2D eigenvalue weighted by Gasteiger charge is -2.20. The fraction of sp³-hybridized carbons (Fsp3) is 0.412. The minimum Gasteiger partial charge on any atom is -0.481 e. The zero-order valence-electron chi connectivity index (χ0n) is 13.4. The molecule has 7 heteroatoms. The highest BCUT2D eigenvalue weighted by molar-refractivity contribution is 9.10. The predicted octanol–water partition coefficient (Wildman–Crippen LogP) is 2.98. The maximum Gasteiger partial charge on any atom is 0.317 e. The summed E-state index contributed by atoms with van der Waals surface area (Å²) in [6.07, 6.45) is 3.16. The molecule has 1 aliphatic rings. The highest BCUT2D eigenvalue weighted by Gasteiger charge is 2.42. The van der Waals surface area contributed by atoms with Crippen molar-refractivity contribution in [2.24, 2.45) is 5.41 Å². The van der Waals surface area contributed by atoms with Gasteiger partial charge in [0.15, 0.2) is 0 Å². The van der Waals surface area contributed by atoms with Crippen LogP contribution in [0.15, 0.2) is 28.9 Å². The van der Waals surface area contributed by atoms with E-state index in [4.69, 9.17) is 0 Å². The number of carboxylic acid groups (broad SMARTS) is 1. The number of fused-ring (bicyclic) bond motifs is 1. The number of aliphatic carboxylic acids is 1. The summed E-state index contributed by atoms with van der Waals surface area (Å²) in [6, 6.07) is 5.79. The molecule has 1 aromatic carbocycles. The van der Waals surface area contributed by atoms with Crippen molar-refractivity contribution in [1.29, 1.82) is 0 Å². The Bertz CT molecular complexity index is 788. The number of nitrogens with zero attached hydrogens (tertiary/aromatic N) is 1. The maximum absolute atomic E-state index is 12.2. The molecule has 0 bridgehead atoms. The molecule has 0 spiro atoms. The first-order chi connectivity index (χ1) is 11.4. The molecule has 6 nitrogen and oxygen atoms in total. The van der Waals surface area contributed by atoms with Gasteiger partial charge in [0.25, 0.3) is 0 Å². The third-order valence-corrected chi connectivity index (χ3v) is 5.34. The molecule has 2 amide bonds. The summed E-state index contributed by atoms with van der Waals surface area (Å²) >= 11 is 3.56. The van der Waals surface area contributed by atoms with E-state index in [9.17, 15) is 14.7 Å². The predicted molar refractivity (Wildman–Crippen MR) is 95.0 cm³/mol. The summed E-state index contributed by atoms with van der Waals surface area (Å²) in [5.41, 5.74) is 1.36. The second kappa shape index (κ2) is 6.47. The van der Waals surface area contributed by atoms with Crippen LogP contribution in [-0.4, -0.2) is 46.6 Å². The van der Waals surface area contributed by atoms with Crippen LogP contribution in [0.2, 0.25) is 0 Å². The van der Waals surface area contributed by atoms with Gasteiger partial charge in [0, 0.05) is 41.2 Å². The van der Waals surface area contributed by atoms with E-state index in [1.807, 2.05) is 24.4 Å². The molecule has 0 radical (unpaired) electrons. The molecule has 2 aromatic rings. The zero-order valence-corrected chi connectivity index (χ0v) is 15.0. The number of nitrogens with one attached hydrogen (secondary N) is 2. The normalized spacial score (nSPS) is 20.5. The number of hydrogen-bond donors (Lipinski definition) is 3. The van der Waals surface area contributed by atoms with E-state index in [1.165, 1.54) is 0 Å². The molecular weight excluding hydrogens is 374 g/mol. The van der Waals surface area contributed by atoms with Crippen LogP contribution in [0.25, 0.3) is 10.9 Å². The van der Waals surface area contributed by atoms with Crippen molar-refractivity contribution in [2.75, 3.05) is 19.6 Å².